The van der Waals surface area contributed by atoms with Gasteiger partial charge in [0.25, 0.3) is 5.91 Å². The minimum absolute atomic E-state index is 0.0345. The first-order valence-corrected chi connectivity index (χ1v) is 7.61. The Bertz CT molecular complexity index is 705. The number of amides is 1. The number of hydrogen-bond donors (Lipinski definition) is 2. The van der Waals surface area contributed by atoms with Crippen LogP contribution in [0.2, 0.25) is 10.0 Å². The maximum Gasteiger partial charge on any atom is 0.279 e. The van der Waals surface area contributed by atoms with Crippen LogP contribution in [0.5, 0.6) is 0 Å². The van der Waals surface area contributed by atoms with E-state index in [2.05, 4.69) is 5.32 Å². The molecule has 2 aromatic carbocycles. The third-order valence-electron chi connectivity index (χ3n) is 3.21. The lowest BCUT2D eigenvalue weighted by Gasteiger charge is -2.15. The summed E-state index contributed by atoms with van der Waals surface area (Å²) in [5, 5.41) is 3.02. The van der Waals surface area contributed by atoms with Gasteiger partial charge in [0.15, 0.2) is 6.54 Å². The molecule has 3 nitrogen and oxygen atoms in total. The molecule has 0 bridgehead atoms. The second kappa shape index (κ2) is 7.73. The zero-order valence-electron chi connectivity index (χ0n) is 12.3. The molecule has 122 valence electrons. The van der Waals surface area contributed by atoms with Crippen LogP contribution in [0.4, 0.5) is 14.5 Å². The Morgan fingerprint density at radius 3 is 2.57 bits per heavy atom. The average Bonchev–Trinajstić information content (AvgIpc) is 2.46. The number of nitrogens with one attached hydrogen (secondary N) is 2. The zero-order valence-corrected chi connectivity index (χ0v) is 13.8. The Morgan fingerprint density at radius 2 is 1.91 bits per heavy atom. The molecule has 1 amide bonds. The Balaban J connectivity index is 1.97. The summed E-state index contributed by atoms with van der Waals surface area (Å²) in [6.07, 6.45) is 0. The number of rotatable bonds is 5. The molecule has 0 fully saturated rings. The standard InChI is InChI=1S/C16H14Cl2F2N2O/c1-22(8-11-12(18)3-2-4-13(11)19)9-16(23)21-15-6-5-10(17)7-14(15)20/h2-7H,8-9H2,1H3,(H,21,23)/p+1. The molecular weight excluding hydrogens is 345 g/mol. The smallest absolute Gasteiger partial charge is 0.279 e. The highest BCUT2D eigenvalue weighted by atomic mass is 35.5. The van der Waals surface area contributed by atoms with E-state index in [1.165, 1.54) is 24.3 Å². The van der Waals surface area contributed by atoms with Crippen LogP contribution in [0.3, 0.4) is 0 Å². The Labute approximate surface area is 142 Å². The van der Waals surface area contributed by atoms with Gasteiger partial charge >= 0.3 is 0 Å². The predicted octanol–water partition coefficient (Wildman–Crippen LogP) is 2.93. The van der Waals surface area contributed by atoms with Gasteiger partial charge in [0.1, 0.15) is 18.2 Å². The molecule has 2 rings (SSSR count). The first kappa shape index (κ1) is 17.7. The molecule has 0 radical (unpaired) electrons. The highest BCUT2D eigenvalue weighted by molar-refractivity contribution is 6.31. The molecule has 0 aliphatic carbocycles. The van der Waals surface area contributed by atoms with E-state index in [0.717, 1.165) is 6.07 Å². The summed E-state index contributed by atoms with van der Waals surface area (Å²) in [7, 11) is 1.72. The van der Waals surface area contributed by atoms with Gasteiger partial charge in [-0.25, -0.2) is 8.78 Å². The molecule has 23 heavy (non-hydrogen) atoms. The molecular formula is C16H15Cl2F2N2O+. The van der Waals surface area contributed by atoms with Crippen LogP contribution in [0.1, 0.15) is 5.56 Å². The summed E-state index contributed by atoms with van der Waals surface area (Å²) in [5.41, 5.74) is 0.397. The third-order valence-corrected chi connectivity index (χ3v) is 3.80. The van der Waals surface area contributed by atoms with Crippen molar-refractivity contribution in [1.29, 1.82) is 0 Å². The number of likely N-dealkylation sites (N-methyl/N-ethyl adjacent to an activating group) is 1. The van der Waals surface area contributed by atoms with Crippen molar-refractivity contribution in [3.8, 4) is 0 Å². The lowest BCUT2D eigenvalue weighted by molar-refractivity contribution is -0.885. The van der Waals surface area contributed by atoms with Crippen molar-refractivity contribution in [2.24, 2.45) is 0 Å². The van der Waals surface area contributed by atoms with Gasteiger partial charge in [-0.15, -0.1) is 0 Å². The second-order valence-corrected chi connectivity index (χ2v) is 6.03. The Kier molecular flexibility index (Phi) is 5.93. The van der Waals surface area contributed by atoms with Gasteiger partial charge in [-0.3, -0.25) is 4.79 Å². The molecule has 0 aromatic heterocycles. The van der Waals surface area contributed by atoms with E-state index in [0.29, 0.717) is 15.5 Å². The van der Waals surface area contributed by atoms with Gasteiger partial charge in [0.05, 0.1) is 23.3 Å². The van der Waals surface area contributed by atoms with Crippen molar-refractivity contribution in [2.75, 3.05) is 18.9 Å². The maximum absolute atomic E-state index is 13.7. The van der Waals surface area contributed by atoms with Crippen LogP contribution in [0, 0.1) is 11.6 Å². The Morgan fingerprint density at radius 1 is 1.17 bits per heavy atom. The minimum Gasteiger partial charge on any atom is -0.326 e. The Hall–Kier alpha value is -1.69. The molecule has 0 aliphatic rings. The lowest BCUT2D eigenvalue weighted by atomic mass is 10.2. The molecule has 1 atom stereocenters. The van der Waals surface area contributed by atoms with E-state index in [1.807, 2.05) is 0 Å². The van der Waals surface area contributed by atoms with Gasteiger partial charge in [-0.2, -0.15) is 0 Å². The first-order valence-electron chi connectivity index (χ1n) is 6.86. The summed E-state index contributed by atoms with van der Waals surface area (Å²) in [4.78, 5) is 12.7. The summed E-state index contributed by atoms with van der Waals surface area (Å²) in [6.45, 7) is 0.273. The van der Waals surface area contributed by atoms with Crippen LogP contribution in [-0.2, 0) is 11.3 Å². The summed E-state index contributed by atoms with van der Waals surface area (Å²) in [6, 6.07) is 8.42. The summed E-state index contributed by atoms with van der Waals surface area (Å²) >= 11 is 11.6. The van der Waals surface area contributed by atoms with Crippen LogP contribution in [-0.4, -0.2) is 19.5 Å². The van der Waals surface area contributed by atoms with Gasteiger partial charge in [0, 0.05) is 5.02 Å². The lowest BCUT2D eigenvalue weighted by Crippen LogP contribution is -3.08. The molecule has 1 unspecified atom stereocenters. The topological polar surface area (TPSA) is 33.5 Å². The zero-order chi connectivity index (χ0) is 17.0. The quantitative estimate of drug-likeness (QED) is 0.845. The molecule has 2 N–H and O–H groups in total. The van der Waals surface area contributed by atoms with E-state index in [4.69, 9.17) is 23.2 Å². The molecule has 0 spiro atoms. The van der Waals surface area contributed by atoms with Crippen LogP contribution < -0.4 is 10.2 Å². The molecule has 0 saturated heterocycles. The van der Waals surface area contributed by atoms with Crippen LogP contribution in [0.15, 0.2) is 36.4 Å². The second-order valence-electron chi connectivity index (χ2n) is 5.18. The van der Waals surface area contributed by atoms with E-state index in [1.54, 1.807) is 13.1 Å². The number of anilines is 1. The molecule has 0 aliphatic heterocycles. The fourth-order valence-corrected chi connectivity index (χ4v) is 2.51. The molecule has 7 heteroatoms. The molecule has 0 heterocycles. The van der Waals surface area contributed by atoms with Crippen molar-refractivity contribution in [1.82, 2.24) is 0 Å². The van der Waals surface area contributed by atoms with Gasteiger partial charge in [-0.05, 0) is 30.3 Å². The predicted molar refractivity (Wildman–Crippen MR) is 86.9 cm³/mol. The van der Waals surface area contributed by atoms with Crippen molar-refractivity contribution < 1.29 is 18.5 Å². The van der Waals surface area contributed by atoms with E-state index in [9.17, 15) is 13.6 Å². The number of carbonyl (C=O) groups is 1. The maximum atomic E-state index is 13.7. The normalized spacial score (nSPS) is 12.0. The summed E-state index contributed by atoms with van der Waals surface area (Å²) < 4.78 is 27.4. The van der Waals surface area contributed by atoms with Crippen molar-refractivity contribution in [3.05, 3.63) is 63.6 Å². The molecule has 2 aromatic rings. The van der Waals surface area contributed by atoms with Crippen molar-refractivity contribution >= 4 is 34.8 Å². The number of benzene rings is 2. The van der Waals surface area contributed by atoms with E-state index >= 15 is 0 Å². The third kappa shape index (κ3) is 4.89. The van der Waals surface area contributed by atoms with Crippen molar-refractivity contribution in [2.45, 2.75) is 6.54 Å². The fourth-order valence-electron chi connectivity index (χ4n) is 2.12. The number of halogens is 4. The van der Waals surface area contributed by atoms with E-state index in [-0.39, 0.29) is 23.8 Å². The highest BCUT2D eigenvalue weighted by Gasteiger charge is 2.16. The van der Waals surface area contributed by atoms with Crippen molar-refractivity contribution in [3.63, 3.8) is 0 Å². The molecule has 0 saturated carbocycles. The van der Waals surface area contributed by atoms with Gasteiger partial charge in [-0.1, -0.05) is 29.3 Å². The number of quaternary nitrogens is 1. The monoisotopic (exact) mass is 359 g/mol. The largest absolute Gasteiger partial charge is 0.326 e. The fraction of sp³-hybridized carbons (Fsp3) is 0.188. The number of carbonyl (C=O) groups excluding carboxylic acids is 1. The number of hydrogen-bond acceptors (Lipinski definition) is 1. The highest BCUT2D eigenvalue weighted by Crippen LogP contribution is 2.19. The van der Waals surface area contributed by atoms with Gasteiger partial charge in [0.2, 0.25) is 0 Å². The average molecular weight is 360 g/mol. The summed E-state index contributed by atoms with van der Waals surface area (Å²) in [5.74, 6) is -1.42. The minimum atomic E-state index is -0.611. The van der Waals surface area contributed by atoms with E-state index < -0.39 is 17.5 Å². The van der Waals surface area contributed by atoms with Crippen LogP contribution >= 0.6 is 23.2 Å². The first-order chi connectivity index (χ1) is 10.9. The van der Waals surface area contributed by atoms with Gasteiger partial charge < -0.3 is 10.2 Å². The van der Waals surface area contributed by atoms with Crippen LogP contribution in [0.25, 0.3) is 0 Å². The SMILES string of the molecule is C[NH+](CC(=O)Nc1ccc(Cl)cc1F)Cc1c(F)cccc1Cl.